The number of carbonyl (C=O) groups excluding carboxylic acids is 3. The highest BCUT2D eigenvalue weighted by Crippen LogP contribution is 2.51. The molecule has 8 nitrogen and oxygen atoms in total. The van der Waals surface area contributed by atoms with E-state index in [2.05, 4.69) is 10.1 Å². The Morgan fingerprint density at radius 1 is 1.13 bits per heavy atom. The number of hydrogen-bond donors (Lipinski definition) is 2. The van der Waals surface area contributed by atoms with Gasteiger partial charge in [0.25, 0.3) is 0 Å². The van der Waals surface area contributed by atoms with Crippen LogP contribution in [-0.2, 0) is 31.8 Å². The number of methoxy groups -OCH3 is 1. The normalized spacial score (nSPS) is 25.0. The fraction of sp³-hybridized carbons (Fsp3) is 0.385. The number of nitrogens with zero attached hydrogens (tertiary/aromatic N) is 1. The van der Waals surface area contributed by atoms with Gasteiger partial charge in [-0.15, -0.1) is 0 Å². The highest BCUT2D eigenvalue weighted by atomic mass is 32.2. The Morgan fingerprint density at radius 3 is 2.39 bits per heavy atom. The molecule has 38 heavy (non-hydrogen) atoms. The smallest absolute Gasteiger partial charge is 0.416 e. The second-order valence-corrected chi connectivity index (χ2v) is 10.2. The number of carboxylic acid groups (broad SMARTS) is 1. The first-order valence-electron chi connectivity index (χ1n) is 11.6. The van der Waals surface area contributed by atoms with E-state index in [1.54, 1.807) is 18.4 Å². The molecule has 4 unspecified atom stereocenters. The predicted molar refractivity (Wildman–Crippen MR) is 131 cm³/mol. The van der Waals surface area contributed by atoms with Gasteiger partial charge in [0.05, 0.1) is 36.6 Å². The van der Waals surface area contributed by atoms with Gasteiger partial charge in [0.15, 0.2) is 0 Å². The average molecular weight is 551 g/mol. The summed E-state index contributed by atoms with van der Waals surface area (Å²) >= 11 is 1.35. The summed E-state index contributed by atoms with van der Waals surface area (Å²) in [4.78, 5) is 52.6. The van der Waals surface area contributed by atoms with E-state index in [4.69, 9.17) is 0 Å². The first kappa shape index (κ1) is 27.6. The number of ether oxygens (including phenoxy) is 1. The van der Waals surface area contributed by atoms with E-state index in [1.807, 2.05) is 0 Å². The minimum absolute atomic E-state index is 0.0131. The number of esters is 1. The maximum Gasteiger partial charge on any atom is 0.416 e. The molecular formula is C26H25F3N2O6S. The second kappa shape index (κ2) is 10.4. The number of alkyl halides is 3. The number of amides is 2. The molecule has 202 valence electrons. The topological polar surface area (TPSA) is 113 Å². The van der Waals surface area contributed by atoms with Crippen LogP contribution in [0.3, 0.4) is 0 Å². The van der Waals surface area contributed by atoms with Crippen molar-refractivity contribution in [2.45, 2.75) is 30.7 Å². The molecule has 2 N–H and O–H groups in total. The van der Waals surface area contributed by atoms with E-state index in [9.17, 15) is 37.5 Å². The van der Waals surface area contributed by atoms with E-state index in [0.29, 0.717) is 11.3 Å². The molecule has 2 aromatic carbocycles. The average Bonchev–Trinajstić information content (AvgIpc) is 3.37. The van der Waals surface area contributed by atoms with Crippen LogP contribution in [-0.4, -0.2) is 58.4 Å². The maximum absolute atomic E-state index is 13.7. The molecule has 2 aromatic rings. The SMILES string of the molecule is COC(=O)c1ccc(CN2C(=O)C3C(c4cccc(C(F)(F)F)c4)NC(CCSC)(C(=O)O)C3C2=O)cc1. The molecule has 2 fully saturated rings. The number of aliphatic carboxylic acids is 1. The number of nitrogens with one attached hydrogen (secondary N) is 1. The molecule has 12 heteroatoms. The van der Waals surface area contributed by atoms with Crippen LogP contribution in [0.25, 0.3) is 0 Å². The number of hydrogen-bond acceptors (Lipinski definition) is 7. The fourth-order valence-corrected chi connectivity index (χ4v) is 5.78. The zero-order valence-electron chi connectivity index (χ0n) is 20.4. The maximum atomic E-state index is 13.7. The van der Waals surface area contributed by atoms with Crippen molar-refractivity contribution in [2.24, 2.45) is 11.8 Å². The van der Waals surface area contributed by atoms with Gasteiger partial charge in [0.2, 0.25) is 11.8 Å². The van der Waals surface area contributed by atoms with Crippen LogP contribution in [0.15, 0.2) is 48.5 Å². The predicted octanol–water partition coefficient (Wildman–Crippen LogP) is 3.51. The van der Waals surface area contributed by atoms with Gasteiger partial charge in [-0.05, 0) is 53.8 Å². The molecule has 0 aromatic heterocycles. The number of likely N-dealkylation sites (tertiary alicyclic amines) is 1. The van der Waals surface area contributed by atoms with Crippen molar-refractivity contribution in [1.29, 1.82) is 0 Å². The molecule has 2 heterocycles. The second-order valence-electron chi connectivity index (χ2n) is 9.22. The van der Waals surface area contributed by atoms with Crippen molar-refractivity contribution in [3.8, 4) is 0 Å². The number of carbonyl (C=O) groups is 4. The Bertz CT molecular complexity index is 1270. The van der Waals surface area contributed by atoms with E-state index < -0.39 is 58.9 Å². The Balaban J connectivity index is 1.74. The Kier molecular flexibility index (Phi) is 7.57. The number of fused-ring (bicyclic) bond motifs is 1. The fourth-order valence-electron chi connectivity index (χ4n) is 5.26. The summed E-state index contributed by atoms with van der Waals surface area (Å²) < 4.78 is 45.0. The van der Waals surface area contributed by atoms with Gasteiger partial charge in [0.1, 0.15) is 5.54 Å². The van der Waals surface area contributed by atoms with Crippen molar-refractivity contribution < 1.29 is 42.2 Å². The third-order valence-corrected chi connectivity index (χ3v) is 7.73. The van der Waals surface area contributed by atoms with Gasteiger partial charge in [-0.2, -0.15) is 24.9 Å². The zero-order valence-corrected chi connectivity index (χ0v) is 21.3. The summed E-state index contributed by atoms with van der Waals surface area (Å²) in [5.74, 6) is -5.46. The molecule has 0 saturated carbocycles. The quantitative estimate of drug-likeness (QED) is 0.379. The lowest BCUT2D eigenvalue weighted by Crippen LogP contribution is -2.56. The lowest BCUT2D eigenvalue weighted by atomic mass is 9.78. The first-order chi connectivity index (χ1) is 17.9. The molecule has 0 spiro atoms. The van der Waals surface area contributed by atoms with Gasteiger partial charge < -0.3 is 9.84 Å². The summed E-state index contributed by atoms with van der Waals surface area (Å²) in [6, 6.07) is 9.27. The molecule has 2 amide bonds. The third kappa shape index (κ3) is 4.78. The number of imide groups is 1. The van der Waals surface area contributed by atoms with E-state index in [0.717, 1.165) is 17.0 Å². The van der Waals surface area contributed by atoms with E-state index in [-0.39, 0.29) is 24.1 Å². The van der Waals surface area contributed by atoms with Crippen LogP contribution in [0, 0.1) is 11.8 Å². The van der Waals surface area contributed by atoms with Crippen LogP contribution in [0.2, 0.25) is 0 Å². The number of carboxylic acids is 1. The van der Waals surface area contributed by atoms with Gasteiger partial charge >= 0.3 is 18.1 Å². The Labute approximate surface area is 220 Å². The van der Waals surface area contributed by atoms with Crippen molar-refractivity contribution in [3.05, 3.63) is 70.8 Å². The number of thioether (sulfide) groups is 1. The molecular weight excluding hydrogens is 525 g/mol. The standard InChI is InChI=1S/C26H25F3N2O6S/c1-37-23(34)15-8-6-14(7-9-15)13-31-21(32)18-19(22(31)33)25(24(35)36,10-11-38-2)30-20(18)16-4-3-5-17(12-16)26(27,28)29/h3-9,12,18-20,30H,10-11,13H2,1-2H3,(H,35,36). The van der Waals surface area contributed by atoms with Crippen LogP contribution in [0.1, 0.15) is 39.5 Å². The molecule has 2 aliphatic rings. The summed E-state index contributed by atoms with van der Waals surface area (Å²) in [5.41, 5.74) is -1.93. The lowest BCUT2D eigenvalue weighted by Gasteiger charge is -2.31. The molecule has 0 radical (unpaired) electrons. The Hall–Kier alpha value is -3.38. The van der Waals surface area contributed by atoms with Crippen LogP contribution < -0.4 is 5.32 Å². The third-order valence-electron chi connectivity index (χ3n) is 7.12. The minimum Gasteiger partial charge on any atom is -0.480 e. The van der Waals surface area contributed by atoms with Crippen LogP contribution in [0.5, 0.6) is 0 Å². The van der Waals surface area contributed by atoms with Crippen LogP contribution >= 0.6 is 11.8 Å². The lowest BCUT2D eigenvalue weighted by molar-refractivity contribution is -0.151. The molecule has 4 atom stereocenters. The molecule has 2 saturated heterocycles. The highest BCUT2D eigenvalue weighted by molar-refractivity contribution is 7.98. The molecule has 4 rings (SSSR count). The molecule has 0 aliphatic carbocycles. The van der Waals surface area contributed by atoms with Crippen molar-refractivity contribution >= 4 is 35.5 Å². The van der Waals surface area contributed by atoms with E-state index >= 15 is 0 Å². The molecule has 2 aliphatic heterocycles. The first-order valence-corrected chi connectivity index (χ1v) is 13.0. The number of benzene rings is 2. The van der Waals surface area contributed by atoms with Crippen LogP contribution in [0.4, 0.5) is 13.2 Å². The molecule has 0 bridgehead atoms. The minimum atomic E-state index is -4.64. The summed E-state index contributed by atoms with van der Waals surface area (Å²) in [5, 5.41) is 13.2. The van der Waals surface area contributed by atoms with Crippen molar-refractivity contribution in [3.63, 3.8) is 0 Å². The van der Waals surface area contributed by atoms with Gasteiger partial charge in [-0.3, -0.25) is 24.6 Å². The summed E-state index contributed by atoms with van der Waals surface area (Å²) in [6.07, 6.45) is -2.90. The van der Waals surface area contributed by atoms with Gasteiger partial charge in [-0.25, -0.2) is 4.79 Å². The zero-order chi connectivity index (χ0) is 27.8. The van der Waals surface area contributed by atoms with Crippen molar-refractivity contribution in [1.82, 2.24) is 10.2 Å². The number of halogens is 3. The largest absolute Gasteiger partial charge is 0.480 e. The highest BCUT2D eigenvalue weighted by Gasteiger charge is 2.68. The summed E-state index contributed by atoms with van der Waals surface area (Å²) in [6.45, 7) is -0.181. The van der Waals surface area contributed by atoms with Crippen molar-refractivity contribution in [2.75, 3.05) is 19.1 Å². The van der Waals surface area contributed by atoms with E-state index in [1.165, 1.54) is 43.1 Å². The number of rotatable bonds is 8. The summed E-state index contributed by atoms with van der Waals surface area (Å²) in [7, 11) is 1.23. The van der Waals surface area contributed by atoms with Gasteiger partial charge in [0, 0.05) is 6.04 Å². The van der Waals surface area contributed by atoms with Gasteiger partial charge in [-0.1, -0.05) is 24.3 Å². The monoisotopic (exact) mass is 550 g/mol. The Morgan fingerprint density at radius 2 is 1.82 bits per heavy atom.